The van der Waals surface area contributed by atoms with Crippen LogP contribution < -0.4 is 11.5 Å². The monoisotopic (exact) mass is 317 g/mol. The predicted octanol–water partition coefficient (Wildman–Crippen LogP) is 1.68. The number of nitrogens with zero attached hydrogens (tertiary/aromatic N) is 1. The van der Waals surface area contributed by atoms with E-state index in [-0.39, 0.29) is 16.4 Å². The Morgan fingerprint density at radius 2 is 2.05 bits per heavy atom. The first kappa shape index (κ1) is 14.5. The standard InChI is InChI=1S/C13H14F3N3OS/c1-11(7-4-6(17)2-3-8(7)14)9-12(5-20,13(9,15)16)21-10(18)19-11/h2-4,9,20H,5,17H2,1H3,(H2,18,19)/t9-,11-,12+/m1/s1. The molecule has 3 rings (SSSR count). The number of fused-ring (bicyclic) bond motifs is 1. The fourth-order valence-corrected chi connectivity index (χ4v) is 4.61. The molecule has 0 spiro atoms. The molecule has 2 aliphatic rings. The zero-order chi connectivity index (χ0) is 15.6. The Bertz CT molecular complexity index is 654. The summed E-state index contributed by atoms with van der Waals surface area (Å²) >= 11 is 0.651. The van der Waals surface area contributed by atoms with Gasteiger partial charge in [-0.15, -0.1) is 0 Å². The highest BCUT2D eigenvalue weighted by Gasteiger charge is 2.87. The maximum absolute atomic E-state index is 14.3. The molecular weight excluding hydrogens is 303 g/mol. The molecule has 0 radical (unpaired) electrons. The third kappa shape index (κ3) is 1.66. The van der Waals surface area contributed by atoms with E-state index in [2.05, 4.69) is 4.99 Å². The van der Waals surface area contributed by atoms with Crippen molar-refractivity contribution in [3.63, 3.8) is 0 Å². The van der Waals surface area contributed by atoms with Crippen LogP contribution in [0.2, 0.25) is 0 Å². The molecule has 4 nitrogen and oxygen atoms in total. The molecular formula is C13H14F3N3OS. The van der Waals surface area contributed by atoms with Crippen molar-refractivity contribution in [2.45, 2.75) is 23.1 Å². The van der Waals surface area contributed by atoms with E-state index in [1.165, 1.54) is 19.1 Å². The van der Waals surface area contributed by atoms with Gasteiger partial charge in [0.1, 0.15) is 10.6 Å². The summed E-state index contributed by atoms with van der Waals surface area (Å²) in [7, 11) is 0. The second kappa shape index (κ2) is 4.07. The lowest BCUT2D eigenvalue weighted by molar-refractivity contribution is 0.0685. The Hall–Kier alpha value is -1.41. The van der Waals surface area contributed by atoms with Gasteiger partial charge in [-0.05, 0) is 25.1 Å². The summed E-state index contributed by atoms with van der Waals surface area (Å²) in [5, 5.41) is 9.32. The molecule has 5 N–H and O–H groups in total. The van der Waals surface area contributed by atoms with Crippen LogP contribution in [-0.2, 0) is 5.54 Å². The topological polar surface area (TPSA) is 84.6 Å². The number of anilines is 1. The van der Waals surface area contributed by atoms with Gasteiger partial charge in [-0.3, -0.25) is 4.99 Å². The maximum atomic E-state index is 14.3. The molecule has 1 saturated carbocycles. The number of nitrogen functional groups attached to an aromatic ring is 1. The summed E-state index contributed by atoms with van der Waals surface area (Å²) in [6.07, 6.45) is 0. The highest BCUT2D eigenvalue weighted by atomic mass is 32.2. The lowest BCUT2D eigenvalue weighted by Gasteiger charge is -2.32. The second-order valence-electron chi connectivity index (χ2n) is 5.54. The quantitative estimate of drug-likeness (QED) is 0.725. The first-order valence-electron chi connectivity index (χ1n) is 6.27. The minimum atomic E-state index is -3.19. The first-order valence-corrected chi connectivity index (χ1v) is 7.09. The molecule has 3 atom stereocenters. The van der Waals surface area contributed by atoms with Gasteiger partial charge < -0.3 is 16.6 Å². The Kier molecular flexibility index (Phi) is 2.82. The predicted molar refractivity (Wildman–Crippen MR) is 75.6 cm³/mol. The Morgan fingerprint density at radius 3 is 2.67 bits per heavy atom. The molecule has 21 heavy (non-hydrogen) atoms. The van der Waals surface area contributed by atoms with E-state index in [0.717, 1.165) is 6.07 Å². The Labute approximate surface area is 123 Å². The number of aliphatic hydroxyl groups is 1. The third-order valence-corrected chi connectivity index (χ3v) is 5.57. The van der Waals surface area contributed by atoms with Crippen molar-refractivity contribution in [3.8, 4) is 0 Å². The van der Waals surface area contributed by atoms with Gasteiger partial charge in [0.25, 0.3) is 5.92 Å². The number of aliphatic hydroxyl groups excluding tert-OH is 1. The molecule has 1 fully saturated rings. The van der Waals surface area contributed by atoms with Crippen LogP contribution in [0.25, 0.3) is 0 Å². The van der Waals surface area contributed by atoms with Crippen molar-refractivity contribution in [2.75, 3.05) is 12.3 Å². The molecule has 0 bridgehead atoms. The minimum Gasteiger partial charge on any atom is -0.399 e. The molecule has 0 aromatic heterocycles. The van der Waals surface area contributed by atoms with Gasteiger partial charge >= 0.3 is 0 Å². The van der Waals surface area contributed by atoms with E-state index in [1.807, 2.05) is 0 Å². The summed E-state index contributed by atoms with van der Waals surface area (Å²) in [4.78, 5) is 4.07. The number of halogens is 3. The second-order valence-corrected chi connectivity index (χ2v) is 6.89. The number of hydrogen-bond donors (Lipinski definition) is 3. The Morgan fingerprint density at radius 1 is 1.38 bits per heavy atom. The molecule has 1 heterocycles. The van der Waals surface area contributed by atoms with Crippen LogP contribution in [0.4, 0.5) is 18.9 Å². The van der Waals surface area contributed by atoms with Gasteiger partial charge in [0.05, 0.1) is 18.1 Å². The first-order chi connectivity index (χ1) is 9.69. The fourth-order valence-electron chi connectivity index (χ4n) is 3.25. The van der Waals surface area contributed by atoms with Gasteiger partial charge in [0, 0.05) is 11.3 Å². The summed E-state index contributed by atoms with van der Waals surface area (Å²) in [5.74, 6) is -5.20. The average Bonchev–Trinajstić information content (AvgIpc) is 2.89. The third-order valence-electron chi connectivity index (χ3n) is 4.27. The number of benzene rings is 1. The zero-order valence-corrected chi connectivity index (χ0v) is 11.9. The van der Waals surface area contributed by atoms with Crippen LogP contribution in [0, 0.1) is 11.7 Å². The number of alkyl halides is 2. The highest BCUT2D eigenvalue weighted by molar-refractivity contribution is 8.15. The van der Waals surface area contributed by atoms with E-state index in [4.69, 9.17) is 11.5 Å². The van der Waals surface area contributed by atoms with Crippen LogP contribution in [0.3, 0.4) is 0 Å². The zero-order valence-electron chi connectivity index (χ0n) is 11.1. The van der Waals surface area contributed by atoms with Crippen LogP contribution in [0.1, 0.15) is 12.5 Å². The maximum Gasteiger partial charge on any atom is 0.272 e. The van der Waals surface area contributed by atoms with Gasteiger partial charge in [-0.2, -0.15) is 0 Å². The summed E-state index contributed by atoms with van der Waals surface area (Å²) in [6.45, 7) is 0.637. The van der Waals surface area contributed by atoms with Gasteiger partial charge in [-0.25, -0.2) is 13.2 Å². The number of hydrogen-bond acceptors (Lipinski definition) is 5. The van der Waals surface area contributed by atoms with Crippen LogP contribution in [0.15, 0.2) is 23.2 Å². The van der Waals surface area contributed by atoms with Gasteiger partial charge in [0.2, 0.25) is 0 Å². The summed E-state index contributed by atoms with van der Waals surface area (Å²) in [6, 6.07) is 3.75. The average molecular weight is 317 g/mol. The minimum absolute atomic E-state index is 0.0363. The van der Waals surface area contributed by atoms with E-state index < -0.39 is 34.6 Å². The number of rotatable bonds is 2. The molecule has 1 aromatic carbocycles. The fraction of sp³-hybridized carbons (Fsp3) is 0.462. The van der Waals surface area contributed by atoms with Gasteiger partial charge in [0.15, 0.2) is 5.17 Å². The van der Waals surface area contributed by atoms with Crippen molar-refractivity contribution in [1.82, 2.24) is 0 Å². The van der Waals surface area contributed by atoms with Crippen molar-refractivity contribution >= 4 is 22.6 Å². The molecule has 0 amide bonds. The normalized spacial score (nSPS) is 36.8. The molecule has 0 unspecified atom stereocenters. The van der Waals surface area contributed by atoms with E-state index in [9.17, 15) is 18.3 Å². The molecule has 8 heteroatoms. The largest absolute Gasteiger partial charge is 0.399 e. The molecule has 0 saturated heterocycles. The van der Waals surface area contributed by atoms with E-state index in [0.29, 0.717) is 11.8 Å². The van der Waals surface area contributed by atoms with Crippen LogP contribution in [0.5, 0.6) is 0 Å². The summed E-state index contributed by atoms with van der Waals surface area (Å²) in [5.41, 5.74) is 9.92. The van der Waals surface area contributed by atoms with E-state index in [1.54, 1.807) is 0 Å². The number of aliphatic imine (C=N–C) groups is 1. The SMILES string of the molecule is C[C@]1(c2cc(N)ccc2F)N=C(N)S[C@@]2(CO)[C@@H]1C2(F)F. The highest BCUT2D eigenvalue weighted by Crippen LogP contribution is 2.74. The number of amidine groups is 1. The molecule has 114 valence electrons. The van der Waals surface area contributed by atoms with E-state index >= 15 is 0 Å². The molecule has 1 aliphatic carbocycles. The Balaban J connectivity index is 2.20. The smallest absolute Gasteiger partial charge is 0.272 e. The van der Waals surface area contributed by atoms with Crippen LogP contribution >= 0.6 is 11.8 Å². The van der Waals surface area contributed by atoms with Crippen LogP contribution in [-0.4, -0.2) is 27.6 Å². The van der Waals surface area contributed by atoms with Gasteiger partial charge in [-0.1, -0.05) is 11.8 Å². The number of nitrogens with two attached hydrogens (primary N) is 2. The van der Waals surface area contributed by atoms with Crippen molar-refractivity contribution in [1.29, 1.82) is 0 Å². The lowest BCUT2D eigenvalue weighted by Crippen LogP contribution is -2.37. The molecule has 1 aromatic rings. The van der Waals surface area contributed by atoms with Crippen molar-refractivity contribution in [3.05, 3.63) is 29.6 Å². The lowest BCUT2D eigenvalue weighted by atomic mass is 9.85. The number of thioether (sulfide) groups is 1. The van der Waals surface area contributed by atoms with Crippen molar-refractivity contribution in [2.24, 2.45) is 16.6 Å². The molecule has 1 aliphatic heterocycles. The van der Waals surface area contributed by atoms with Crippen molar-refractivity contribution < 1.29 is 18.3 Å². The summed E-state index contributed by atoms with van der Waals surface area (Å²) < 4.78 is 40.9.